The molecule has 0 spiro atoms. The predicted octanol–water partition coefficient (Wildman–Crippen LogP) is 13.4. The van der Waals surface area contributed by atoms with Crippen LogP contribution in [0.25, 0.3) is 77.5 Å². The van der Waals surface area contributed by atoms with Crippen LogP contribution in [0.3, 0.4) is 0 Å². The number of hydrogen-bond donors (Lipinski definition) is 0. The molecule has 2 heterocycles. The molecule has 0 N–H and O–H groups in total. The molecule has 0 atom stereocenters. The molecule has 0 radical (unpaired) electrons. The Balaban J connectivity index is 1.14. The number of aromatic nitrogens is 1. The van der Waals surface area contributed by atoms with Gasteiger partial charge in [0.15, 0.2) is 5.58 Å². The maximum Gasteiger partial charge on any atom is 0.227 e. The van der Waals surface area contributed by atoms with Crippen molar-refractivity contribution >= 4 is 60.9 Å². The lowest BCUT2D eigenvalue weighted by Crippen LogP contribution is -2.11. The van der Waals surface area contributed by atoms with Gasteiger partial charge in [0.1, 0.15) is 16.7 Å². The van der Waals surface area contributed by atoms with E-state index < -0.39 is 0 Å². The van der Waals surface area contributed by atoms with Crippen LogP contribution in [0.5, 0.6) is 0 Å². The number of rotatable bonds is 6. The van der Waals surface area contributed by atoms with E-state index in [0.29, 0.717) is 5.89 Å². The minimum Gasteiger partial charge on any atom is -0.456 e. The van der Waals surface area contributed by atoms with Gasteiger partial charge in [-0.3, -0.25) is 0 Å². The standard InChI is InChI=1S/C47H30N2O2/c1-2-13-33(14-3-1)47-48-46-37(19-11-23-44(46)51-47)32-24-26-34(27-25-32)49(35-28-29-41-40-18-7-9-22-43(40)50-45(41)30-35)42-21-8-6-17-39(42)38-20-10-15-31-12-4-5-16-36(31)38/h1-30H. The highest BCUT2D eigenvalue weighted by Gasteiger charge is 2.20. The molecular weight excluding hydrogens is 625 g/mol. The normalized spacial score (nSPS) is 11.5. The zero-order valence-corrected chi connectivity index (χ0v) is 27.5. The van der Waals surface area contributed by atoms with E-state index in [0.717, 1.165) is 72.4 Å². The average molecular weight is 655 g/mol. The molecule has 240 valence electrons. The summed E-state index contributed by atoms with van der Waals surface area (Å²) in [5.74, 6) is 0.617. The van der Waals surface area contributed by atoms with Gasteiger partial charge >= 0.3 is 0 Å². The second kappa shape index (κ2) is 11.9. The van der Waals surface area contributed by atoms with E-state index in [9.17, 15) is 0 Å². The first-order valence-electron chi connectivity index (χ1n) is 17.1. The number of nitrogens with zero attached hydrogens (tertiary/aromatic N) is 2. The van der Waals surface area contributed by atoms with Gasteiger partial charge in [0.25, 0.3) is 0 Å². The van der Waals surface area contributed by atoms with E-state index >= 15 is 0 Å². The molecule has 0 bridgehead atoms. The molecule has 0 aliphatic heterocycles. The Morgan fingerprint density at radius 2 is 1.04 bits per heavy atom. The van der Waals surface area contributed by atoms with E-state index in [1.807, 2.05) is 54.6 Å². The first kappa shape index (κ1) is 29.0. The molecule has 4 heteroatoms. The molecule has 8 aromatic carbocycles. The Morgan fingerprint density at radius 3 is 1.94 bits per heavy atom. The maximum absolute atomic E-state index is 6.40. The number of benzene rings is 8. The van der Waals surface area contributed by atoms with Crippen molar-refractivity contribution in [1.29, 1.82) is 0 Å². The molecular formula is C47H30N2O2. The second-order valence-electron chi connectivity index (χ2n) is 12.7. The first-order valence-corrected chi connectivity index (χ1v) is 17.1. The topological polar surface area (TPSA) is 42.4 Å². The van der Waals surface area contributed by atoms with Gasteiger partial charge in [0, 0.05) is 44.9 Å². The number of furan rings is 1. The van der Waals surface area contributed by atoms with Crippen molar-refractivity contribution in [3.63, 3.8) is 0 Å². The molecule has 0 fully saturated rings. The first-order chi connectivity index (χ1) is 25.3. The van der Waals surface area contributed by atoms with Crippen LogP contribution in [-0.2, 0) is 0 Å². The predicted molar refractivity (Wildman–Crippen MR) is 210 cm³/mol. The summed E-state index contributed by atoms with van der Waals surface area (Å²) in [6.45, 7) is 0. The highest BCUT2D eigenvalue weighted by atomic mass is 16.3. The highest BCUT2D eigenvalue weighted by molar-refractivity contribution is 6.07. The van der Waals surface area contributed by atoms with Crippen LogP contribution in [0.1, 0.15) is 0 Å². The second-order valence-corrected chi connectivity index (χ2v) is 12.7. The molecule has 10 aromatic rings. The largest absolute Gasteiger partial charge is 0.456 e. The lowest BCUT2D eigenvalue weighted by molar-refractivity contribution is 0.620. The van der Waals surface area contributed by atoms with E-state index in [1.165, 1.54) is 16.3 Å². The number of para-hydroxylation sites is 3. The Morgan fingerprint density at radius 1 is 0.392 bits per heavy atom. The van der Waals surface area contributed by atoms with Gasteiger partial charge in [-0.15, -0.1) is 0 Å². The Bertz CT molecular complexity index is 2860. The van der Waals surface area contributed by atoms with Crippen LogP contribution >= 0.6 is 0 Å². The van der Waals surface area contributed by atoms with Crippen molar-refractivity contribution in [2.24, 2.45) is 0 Å². The molecule has 0 saturated carbocycles. The molecule has 0 unspecified atom stereocenters. The summed E-state index contributed by atoms with van der Waals surface area (Å²) in [5, 5.41) is 4.64. The zero-order valence-electron chi connectivity index (χ0n) is 27.5. The van der Waals surface area contributed by atoms with Crippen LogP contribution in [0, 0.1) is 0 Å². The van der Waals surface area contributed by atoms with Crippen LogP contribution < -0.4 is 4.90 Å². The fourth-order valence-corrected chi connectivity index (χ4v) is 7.31. The summed E-state index contributed by atoms with van der Waals surface area (Å²) in [4.78, 5) is 7.27. The van der Waals surface area contributed by atoms with Crippen molar-refractivity contribution in [3.05, 3.63) is 182 Å². The number of fused-ring (bicyclic) bond motifs is 5. The summed E-state index contributed by atoms with van der Waals surface area (Å²) in [6, 6.07) is 63.4. The van der Waals surface area contributed by atoms with Crippen molar-refractivity contribution in [1.82, 2.24) is 4.98 Å². The quantitative estimate of drug-likeness (QED) is 0.179. The van der Waals surface area contributed by atoms with Crippen molar-refractivity contribution in [2.75, 3.05) is 4.90 Å². The molecule has 51 heavy (non-hydrogen) atoms. The number of anilines is 3. The van der Waals surface area contributed by atoms with Gasteiger partial charge in [-0.05, 0) is 76.5 Å². The van der Waals surface area contributed by atoms with Crippen molar-refractivity contribution in [3.8, 4) is 33.7 Å². The van der Waals surface area contributed by atoms with Gasteiger partial charge in [-0.1, -0.05) is 121 Å². The minimum absolute atomic E-state index is 0.617. The van der Waals surface area contributed by atoms with Gasteiger partial charge in [0.05, 0.1) is 5.69 Å². The van der Waals surface area contributed by atoms with Crippen LogP contribution in [0.4, 0.5) is 17.1 Å². The fourth-order valence-electron chi connectivity index (χ4n) is 7.31. The Labute approximate surface area is 294 Å². The van der Waals surface area contributed by atoms with Crippen molar-refractivity contribution in [2.45, 2.75) is 0 Å². The van der Waals surface area contributed by atoms with Crippen LogP contribution in [0.15, 0.2) is 191 Å². The third-order valence-corrected chi connectivity index (χ3v) is 9.72. The lowest BCUT2D eigenvalue weighted by atomic mass is 9.96. The van der Waals surface area contributed by atoms with Gasteiger partial charge in [0.2, 0.25) is 5.89 Å². The summed E-state index contributed by atoms with van der Waals surface area (Å²) < 4.78 is 12.6. The van der Waals surface area contributed by atoms with Crippen LogP contribution in [0.2, 0.25) is 0 Å². The molecule has 4 nitrogen and oxygen atoms in total. The number of hydrogen-bond acceptors (Lipinski definition) is 4. The molecule has 0 saturated heterocycles. The average Bonchev–Trinajstić information content (AvgIpc) is 3.81. The lowest BCUT2D eigenvalue weighted by Gasteiger charge is -2.28. The summed E-state index contributed by atoms with van der Waals surface area (Å²) >= 11 is 0. The smallest absolute Gasteiger partial charge is 0.227 e. The van der Waals surface area contributed by atoms with Gasteiger partial charge in [-0.25, -0.2) is 4.98 Å². The third-order valence-electron chi connectivity index (χ3n) is 9.72. The molecule has 0 amide bonds. The molecule has 0 aliphatic carbocycles. The fraction of sp³-hybridized carbons (Fsp3) is 0. The SMILES string of the molecule is c1ccc(-c2nc3c(-c4ccc(N(c5ccc6c(c5)oc5ccccc56)c5ccccc5-c5cccc6ccccc56)cc4)cccc3o2)cc1. The summed E-state index contributed by atoms with van der Waals surface area (Å²) in [7, 11) is 0. The minimum atomic E-state index is 0.617. The molecule has 0 aliphatic rings. The van der Waals surface area contributed by atoms with E-state index in [-0.39, 0.29) is 0 Å². The Kier molecular flexibility index (Phi) is 6.78. The summed E-state index contributed by atoms with van der Waals surface area (Å²) in [6.07, 6.45) is 0. The van der Waals surface area contributed by atoms with E-state index in [2.05, 4.69) is 132 Å². The molecule has 10 rings (SSSR count). The number of oxazole rings is 1. The van der Waals surface area contributed by atoms with E-state index in [4.69, 9.17) is 13.8 Å². The third kappa shape index (κ3) is 4.96. The van der Waals surface area contributed by atoms with Crippen LogP contribution in [-0.4, -0.2) is 4.98 Å². The summed E-state index contributed by atoms with van der Waals surface area (Å²) in [5.41, 5.74) is 11.8. The van der Waals surface area contributed by atoms with Gasteiger partial charge in [-0.2, -0.15) is 0 Å². The maximum atomic E-state index is 6.40. The monoisotopic (exact) mass is 654 g/mol. The molecule has 2 aromatic heterocycles. The zero-order chi connectivity index (χ0) is 33.7. The Hall–Kier alpha value is -6.91. The van der Waals surface area contributed by atoms with E-state index in [1.54, 1.807) is 0 Å². The highest BCUT2D eigenvalue weighted by Crippen LogP contribution is 2.44. The van der Waals surface area contributed by atoms with Crippen molar-refractivity contribution < 1.29 is 8.83 Å². The van der Waals surface area contributed by atoms with Gasteiger partial charge < -0.3 is 13.7 Å².